The third-order valence-corrected chi connectivity index (χ3v) is 5.46. The normalized spacial score (nSPS) is 32.4. The minimum Gasteiger partial charge on any atom is -0.378 e. The quantitative estimate of drug-likeness (QED) is 0.854. The number of nitrogens with zero attached hydrogens (tertiary/aromatic N) is 2. The van der Waals surface area contributed by atoms with Crippen molar-refractivity contribution in [3.63, 3.8) is 0 Å². The molecule has 4 nitrogen and oxygen atoms in total. The topological polar surface area (TPSA) is 42.4 Å². The predicted octanol–water partition coefficient (Wildman–Crippen LogP) is 2.56. The SMILES string of the molecule is CCOC1CC1C(=O)N1CC2(CCC2)C1c1ccncc1. The minimum atomic E-state index is 0.103. The fraction of sp³-hybridized carbons (Fsp3) is 0.647. The Labute approximate surface area is 125 Å². The van der Waals surface area contributed by atoms with Crippen molar-refractivity contribution in [2.24, 2.45) is 11.3 Å². The molecule has 0 radical (unpaired) electrons. The van der Waals surface area contributed by atoms with E-state index in [-0.39, 0.29) is 18.1 Å². The Hall–Kier alpha value is -1.42. The summed E-state index contributed by atoms with van der Waals surface area (Å²) in [5.41, 5.74) is 1.60. The van der Waals surface area contributed by atoms with E-state index in [2.05, 4.69) is 22.0 Å². The van der Waals surface area contributed by atoms with Gasteiger partial charge in [0, 0.05) is 31.0 Å². The second kappa shape index (κ2) is 4.80. The van der Waals surface area contributed by atoms with Crippen LogP contribution >= 0.6 is 0 Å². The second-order valence-electron chi connectivity index (χ2n) is 6.70. The van der Waals surface area contributed by atoms with Crippen molar-refractivity contribution in [1.29, 1.82) is 0 Å². The number of amides is 1. The van der Waals surface area contributed by atoms with Crippen molar-refractivity contribution in [1.82, 2.24) is 9.88 Å². The zero-order valence-electron chi connectivity index (χ0n) is 12.5. The summed E-state index contributed by atoms with van der Waals surface area (Å²) >= 11 is 0. The summed E-state index contributed by atoms with van der Waals surface area (Å²) in [5, 5.41) is 0. The first-order valence-electron chi connectivity index (χ1n) is 8.07. The van der Waals surface area contributed by atoms with E-state index in [0.717, 1.165) is 13.0 Å². The van der Waals surface area contributed by atoms with Gasteiger partial charge in [-0.05, 0) is 43.9 Å². The first kappa shape index (κ1) is 13.3. The van der Waals surface area contributed by atoms with Crippen LogP contribution in [0.15, 0.2) is 24.5 Å². The van der Waals surface area contributed by atoms with Crippen molar-refractivity contribution in [3.05, 3.63) is 30.1 Å². The molecular weight excluding hydrogens is 264 g/mol. The molecule has 1 spiro atoms. The van der Waals surface area contributed by atoms with E-state index in [1.807, 2.05) is 19.3 Å². The molecule has 3 aliphatic rings. The fourth-order valence-corrected chi connectivity index (χ4v) is 4.12. The van der Waals surface area contributed by atoms with Crippen molar-refractivity contribution in [3.8, 4) is 0 Å². The van der Waals surface area contributed by atoms with Crippen LogP contribution in [-0.2, 0) is 9.53 Å². The van der Waals surface area contributed by atoms with E-state index in [0.29, 0.717) is 17.9 Å². The predicted molar refractivity (Wildman–Crippen MR) is 78.5 cm³/mol. The standard InChI is InChI=1S/C17H22N2O2/c1-2-21-14-10-13(14)16(20)19-11-17(6-3-7-17)15(19)12-4-8-18-9-5-12/h4-5,8-9,13-15H,2-3,6-7,10-11H2,1H3. The van der Waals surface area contributed by atoms with Gasteiger partial charge in [-0.3, -0.25) is 9.78 Å². The van der Waals surface area contributed by atoms with Gasteiger partial charge >= 0.3 is 0 Å². The zero-order chi connectivity index (χ0) is 14.4. The van der Waals surface area contributed by atoms with Gasteiger partial charge in [0.2, 0.25) is 5.91 Å². The maximum Gasteiger partial charge on any atom is 0.228 e. The number of carbonyl (C=O) groups excluding carboxylic acids is 1. The van der Waals surface area contributed by atoms with Crippen LogP contribution in [0, 0.1) is 11.3 Å². The highest BCUT2D eigenvalue weighted by Crippen LogP contribution is 2.61. The van der Waals surface area contributed by atoms with Gasteiger partial charge in [0.05, 0.1) is 18.1 Å². The lowest BCUT2D eigenvalue weighted by molar-refractivity contribution is -0.171. The molecule has 0 N–H and O–H groups in total. The van der Waals surface area contributed by atoms with Crippen LogP contribution in [0.3, 0.4) is 0 Å². The average Bonchev–Trinajstić information content (AvgIpc) is 3.17. The highest BCUT2D eigenvalue weighted by molar-refractivity contribution is 5.84. The molecule has 1 saturated heterocycles. The number of aromatic nitrogens is 1. The van der Waals surface area contributed by atoms with Crippen molar-refractivity contribution < 1.29 is 9.53 Å². The number of rotatable bonds is 4. The van der Waals surface area contributed by atoms with Crippen LogP contribution in [0.5, 0.6) is 0 Å². The second-order valence-corrected chi connectivity index (χ2v) is 6.70. The third-order valence-electron chi connectivity index (χ3n) is 5.46. The largest absolute Gasteiger partial charge is 0.378 e. The van der Waals surface area contributed by atoms with E-state index < -0.39 is 0 Å². The Morgan fingerprint density at radius 1 is 1.43 bits per heavy atom. The molecule has 2 heterocycles. The highest BCUT2D eigenvalue weighted by atomic mass is 16.5. The van der Waals surface area contributed by atoms with Crippen molar-refractivity contribution in [2.45, 2.75) is 44.8 Å². The number of carbonyl (C=O) groups is 1. The smallest absolute Gasteiger partial charge is 0.228 e. The summed E-state index contributed by atoms with van der Waals surface area (Å²) in [6, 6.07) is 4.40. The van der Waals surface area contributed by atoms with Gasteiger partial charge in [-0.25, -0.2) is 0 Å². The zero-order valence-corrected chi connectivity index (χ0v) is 12.5. The minimum absolute atomic E-state index is 0.103. The molecule has 0 bridgehead atoms. The molecule has 1 aliphatic heterocycles. The van der Waals surface area contributed by atoms with Gasteiger partial charge in [-0.2, -0.15) is 0 Å². The summed E-state index contributed by atoms with van der Waals surface area (Å²) in [4.78, 5) is 18.9. The molecule has 21 heavy (non-hydrogen) atoms. The maximum atomic E-state index is 12.7. The first-order chi connectivity index (χ1) is 10.2. The number of likely N-dealkylation sites (tertiary alicyclic amines) is 1. The lowest BCUT2D eigenvalue weighted by atomic mass is 9.56. The molecule has 0 aromatic carbocycles. The van der Waals surface area contributed by atoms with E-state index >= 15 is 0 Å². The first-order valence-corrected chi connectivity index (χ1v) is 8.07. The van der Waals surface area contributed by atoms with Crippen LogP contribution < -0.4 is 0 Å². The molecular formula is C17H22N2O2. The molecule has 3 atom stereocenters. The molecule has 2 aliphatic carbocycles. The van der Waals surface area contributed by atoms with Crippen LogP contribution in [0.4, 0.5) is 0 Å². The Morgan fingerprint density at radius 2 is 2.19 bits per heavy atom. The van der Waals surface area contributed by atoms with Gasteiger partial charge in [0.15, 0.2) is 0 Å². The molecule has 3 unspecified atom stereocenters. The Balaban J connectivity index is 1.52. The Bertz CT molecular complexity index is 541. The summed E-state index contributed by atoms with van der Waals surface area (Å²) in [7, 11) is 0. The number of ether oxygens (including phenoxy) is 1. The molecule has 3 fully saturated rings. The van der Waals surface area contributed by atoms with Crippen LogP contribution in [0.1, 0.15) is 44.2 Å². The van der Waals surface area contributed by atoms with Crippen LogP contribution in [-0.4, -0.2) is 35.0 Å². The lowest BCUT2D eigenvalue weighted by Gasteiger charge is -2.62. The number of hydrogen-bond acceptors (Lipinski definition) is 3. The van der Waals surface area contributed by atoms with E-state index in [1.165, 1.54) is 24.8 Å². The van der Waals surface area contributed by atoms with Gasteiger partial charge in [-0.1, -0.05) is 6.42 Å². The summed E-state index contributed by atoms with van der Waals surface area (Å²) in [5.74, 6) is 0.402. The van der Waals surface area contributed by atoms with Gasteiger partial charge < -0.3 is 9.64 Å². The van der Waals surface area contributed by atoms with Gasteiger partial charge in [0.25, 0.3) is 0 Å². The Morgan fingerprint density at radius 3 is 2.81 bits per heavy atom. The maximum absolute atomic E-state index is 12.7. The fourth-order valence-electron chi connectivity index (χ4n) is 4.12. The van der Waals surface area contributed by atoms with Gasteiger partial charge in [-0.15, -0.1) is 0 Å². The van der Waals surface area contributed by atoms with Crippen LogP contribution in [0.25, 0.3) is 0 Å². The molecule has 112 valence electrons. The van der Waals surface area contributed by atoms with E-state index in [4.69, 9.17) is 4.74 Å². The molecule has 1 aromatic rings. The van der Waals surface area contributed by atoms with Crippen molar-refractivity contribution >= 4 is 5.91 Å². The summed E-state index contributed by atoms with van der Waals surface area (Å²) < 4.78 is 5.58. The van der Waals surface area contributed by atoms with Crippen LogP contribution in [0.2, 0.25) is 0 Å². The van der Waals surface area contributed by atoms with Crippen molar-refractivity contribution in [2.75, 3.05) is 13.2 Å². The van der Waals surface area contributed by atoms with E-state index in [9.17, 15) is 4.79 Å². The van der Waals surface area contributed by atoms with Gasteiger partial charge in [0.1, 0.15) is 0 Å². The molecule has 1 amide bonds. The summed E-state index contributed by atoms with van der Waals surface area (Å²) in [6.45, 7) is 3.63. The summed E-state index contributed by atoms with van der Waals surface area (Å²) in [6.07, 6.45) is 8.55. The molecule has 1 aromatic heterocycles. The van der Waals surface area contributed by atoms with E-state index in [1.54, 1.807) is 0 Å². The third kappa shape index (κ3) is 2.00. The highest BCUT2D eigenvalue weighted by Gasteiger charge is 2.60. The number of pyridine rings is 1. The number of hydrogen-bond donors (Lipinski definition) is 0. The molecule has 4 heteroatoms. The average molecular weight is 286 g/mol. The molecule has 2 saturated carbocycles. The monoisotopic (exact) mass is 286 g/mol. The Kier molecular flexibility index (Phi) is 3.03. The lowest BCUT2D eigenvalue weighted by Crippen LogP contribution is -2.63. The molecule has 4 rings (SSSR count).